The molecule has 0 spiro atoms. The van der Waals surface area contributed by atoms with Gasteiger partial charge in [0.1, 0.15) is 0 Å². The highest BCUT2D eigenvalue weighted by Gasteiger charge is 2.41. The Balaban J connectivity index is 1.60. The van der Waals surface area contributed by atoms with Crippen molar-refractivity contribution in [1.82, 2.24) is 0 Å². The van der Waals surface area contributed by atoms with Crippen LogP contribution in [0, 0.1) is 11.8 Å². The number of hydrogen-bond acceptors (Lipinski definition) is 2. The summed E-state index contributed by atoms with van der Waals surface area (Å²) in [5.41, 5.74) is 2.62. The number of rotatable bonds is 3. The second-order valence-corrected chi connectivity index (χ2v) is 6.46. The van der Waals surface area contributed by atoms with Crippen molar-refractivity contribution in [3.8, 4) is 10.4 Å². The summed E-state index contributed by atoms with van der Waals surface area (Å²) in [6.07, 6.45) is 7.35. The van der Waals surface area contributed by atoms with Crippen molar-refractivity contribution in [2.45, 2.75) is 18.9 Å². The Labute approximate surface area is 118 Å². The second kappa shape index (κ2) is 4.53. The summed E-state index contributed by atoms with van der Waals surface area (Å²) < 4.78 is 0. The summed E-state index contributed by atoms with van der Waals surface area (Å²) in [6, 6.07) is 13.6. The van der Waals surface area contributed by atoms with E-state index in [0.717, 1.165) is 11.8 Å². The summed E-state index contributed by atoms with van der Waals surface area (Å²) in [5.74, 6) is 1.67. The van der Waals surface area contributed by atoms with Gasteiger partial charge in [-0.1, -0.05) is 36.4 Å². The Morgan fingerprint density at radius 1 is 1.11 bits per heavy atom. The number of allylic oxidation sites excluding steroid dienone is 1. The van der Waals surface area contributed by atoms with Crippen LogP contribution >= 0.6 is 11.3 Å². The van der Waals surface area contributed by atoms with Crippen LogP contribution < -0.4 is 5.32 Å². The molecule has 1 heterocycles. The van der Waals surface area contributed by atoms with Gasteiger partial charge >= 0.3 is 0 Å². The number of thiophene rings is 1. The van der Waals surface area contributed by atoms with Crippen LogP contribution in [0.2, 0.25) is 0 Å². The molecule has 2 heteroatoms. The molecule has 1 N–H and O–H groups in total. The van der Waals surface area contributed by atoms with Gasteiger partial charge in [0.2, 0.25) is 0 Å². The van der Waals surface area contributed by atoms with E-state index in [1.54, 1.807) is 0 Å². The molecule has 1 nitrogen and oxygen atoms in total. The Hall–Kier alpha value is -1.54. The molecular formula is C17H17NS. The first-order chi connectivity index (χ1) is 9.42. The minimum Gasteiger partial charge on any atom is -0.381 e. The molecule has 96 valence electrons. The maximum absolute atomic E-state index is 3.76. The second-order valence-electron chi connectivity index (χ2n) is 5.51. The van der Waals surface area contributed by atoms with E-state index >= 15 is 0 Å². The molecular weight excluding hydrogens is 250 g/mol. The van der Waals surface area contributed by atoms with Gasteiger partial charge in [0.25, 0.3) is 0 Å². The van der Waals surface area contributed by atoms with E-state index in [9.17, 15) is 0 Å². The highest BCUT2D eigenvalue weighted by atomic mass is 32.1. The lowest BCUT2D eigenvalue weighted by molar-refractivity contribution is 0.218. The zero-order valence-corrected chi connectivity index (χ0v) is 11.6. The minimum atomic E-state index is 0.630. The van der Waals surface area contributed by atoms with E-state index < -0.39 is 0 Å². The number of nitrogens with one attached hydrogen (secondary N) is 1. The van der Waals surface area contributed by atoms with Crippen molar-refractivity contribution < 1.29 is 0 Å². The van der Waals surface area contributed by atoms with Gasteiger partial charge < -0.3 is 5.32 Å². The fraction of sp³-hybridized carbons (Fsp3) is 0.294. The van der Waals surface area contributed by atoms with Gasteiger partial charge in [0.05, 0.1) is 0 Å². The Kier molecular flexibility index (Phi) is 2.70. The van der Waals surface area contributed by atoms with Gasteiger partial charge in [-0.3, -0.25) is 0 Å². The lowest BCUT2D eigenvalue weighted by Gasteiger charge is -2.41. The molecule has 1 aromatic carbocycles. The van der Waals surface area contributed by atoms with Gasteiger partial charge in [-0.25, -0.2) is 0 Å². The Bertz CT molecular complexity index is 599. The van der Waals surface area contributed by atoms with Gasteiger partial charge in [0, 0.05) is 28.1 Å². The lowest BCUT2D eigenvalue weighted by Crippen LogP contribution is -2.43. The first-order valence-electron chi connectivity index (χ1n) is 6.98. The Morgan fingerprint density at radius 2 is 2.05 bits per heavy atom. The molecule has 0 radical (unpaired) electrons. The first kappa shape index (κ1) is 11.3. The van der Waals surface area contributed by atoms with Crippen molar-refractivity contribution >= 4 is 17.0 Å². The smallest absolute Gasteiger partial charge is 0.0430 e. The van der Waals surface area contributed by atoms with Gasteiger partial charge in [-0.15, -0.1) is 11.3 Å². The predicted molar refractivity (Wildman–Crippen MR) is 82.5 cm³/mol. The molecule has 2 aliphatic carbocycles. The van der Waals surface area contributed by atoms with Crippen molar-refractivity contribution in [2.24, 2.45) is 11.8 Å². The van der Waals surface area contributed by atoms with Crippen LogP contribution in [0.15, 0.2) is 53.9 Å². The molecule has 1 fully saturated rings. The SMILES string of the molecule is C1=CC2C(C1)CC2Nc1ccccc1-c1cccs1. The summed E-state index contributed by atoms with van der Waals surface area (Å²) in [6.45, 7) is 0. The van der Waals surface area contributed by atoms with Crippen LogP contribution in [0.5, 0.6) is 0 Å². The Morgan fingerprint density at radius 3 is 2.89 bits per heavy atom. The molecule has 2 aliphatic rings. The van der Waals surface area contributed by atoms with E-state index in [2.05, 4.69) is 59.2 Å². The van der Waals surface area contributed by atoms with Crippen LogP contribution in [-0.4, -0.2) is 6.04 Å². The summed E-state index contributed by atoms with van der Waals surface area (Å²) in [5, 5.41) is 5.91. The fourth-order valence-corrected chi connectivity index (χ4v) is 4.10. The van der Waals surface area contributed by atoms with Crippen LogP contribution in [0.1, 0.15) is 12.8 Å². The average molecular weight is 267 g/mol. The number of para-hydroxylation sites is 1. The molecule has 0 saturated heterocycles. The van der Waals surface area contributed by atoms with E-state index in [-0.39, 0.29) is 0 Å². The van der Waals surface area contributed by atoms with Gasteiger partial charge in [0.15, 0.2) is 0 Å². The van der Waals surface area contributed by atoms with Crippen molar-refractivity contribution in [3.63, 3.8) is 0 Å². The van der Waals surface area contributed by atoms with E-state index in [1.165, 1.54) is 29.0 Å². The van der Waals surface area contributed by atoms with E-state index in [4.69, 9.17) is 0 Å². The van der Waals surface area contributed by atoms with Crippen molar-refractivity contribution in [1.29, 1.82) is 0 Å². The highest BCUT2D eigenvalue weighted by molar-refractivity contribution is 7.13. The zero-order chi connectivity index (χ0) is 12.7. The molecule has 0 bridgehead atoms. The summed E-state index contributed by atoms with van der Waals surface area (Å²) >= 11 is 1.81. The predicted octanol–water partition coefficient (Wildman–Crippen LogP) is 4.79. The van der Waals surface area contributed by atoms with Crippen LogP contribution in [-0.2, 0) is 0 Å². The molecule has 0 amide bonds. The van der Waals surface area contributed by atoms with Crippen LogP contribution in [0.25, 0.3) is 10.4 Å². The molecule has 3 atom stereocenters. The quantitative estimate of drug-likeness (QED) is 0.788. The maximum atomic E-state index is 3.76. The van der Waals surface area contributed by atoms with Crippen LogP contribution in [0.3, 0.4) is 0 Å². The van der Waals surface area contributed by atoms with Crippen LogP contribution in [0.4, 0.5) is 5.69 Å². The summed E-state index contributed by atoms with van der Waals surface area (Å²) in [4.78, 5) is 1.35. The average Bonchev–Trinajstić information content (AvgIpc) is 3.06. The van der Waals surface area contributed by atoms with Crippen molar-refractivity contribution in [3.05, 3.63) is 53.9 Å². The molecule has 0 aliphatic heterocycles. The lowest BCUT2D eigenvalue weighted by atomic mass is 9.71. The largest absolute Gasteiger partial charge is 0.381 e. The number of anilines is 1. The van der Waals surface area contributed by atoms with E-state index in [1.807, 2.05) is 11.3 Å². The third-order valence-electron chi connectivity index (χ3n) is 4.42. The third kappa shape index (κ3) is 1.91. The number of benzene rings is 1. The fourth-order valence-electron chi connectivity index (χ4n) is 3.34. The molecule has 1 saturated carbocycles. The standard InChI is InChI=1S/C17H17NS/c1-2-8-15(14(6-1)17-9-4-10-19-17)18-16-11-12-5-3-7-13(12)16/h1-4,6-10,12-13,16,18H,5,11H2. The topological polar surface area (TPSA) is 12.0 Å². The molecule has 1 aromatic heterocycles. The third-order valence-corrected chi connectivity index (χ3v) is 5.32. The maximum Gasteiger partial charge on any atom is 0.0430 e. The minimum absolute atomic E-state index is 0.630. The molecule has 4 rings (SSSR count). The zero-order valence-electron chi connectivity index (χ0n) is 10.8. The number of hydrogen-bond donors (Lipinski definition) is 1. The highest BCUT2D eigenvalue weighted by Crippen LogP contribution is 2.45. The summed E-state index contributed by atoms with van der Waals surface area (Å²) in [7, 11) is 0. The number of fused-ring (bicyclic) bond motifs is 1. The van der Waals surface area contributed by atoms with E-state index in [0.29, 0.717) is 6.04 Å². The monoisotopic (exact) mass is 267 g/mol. The first-order valence-corrected chi connectivity index (χ1v) is 7.86. The van der Waals surface area contributed by atoms with Gasteiger partial charge in [-0.05, 0) is 36.3 Å². The van der Waals surface area contributed by atoms with Crippen molar-refractivity contribution in [2.75, 3.05) is 5.32 Å². The van der Waals surface area contributed by atoms with Gasteiger partial charge in [-0.2, -0.15) is 0 Å². The molecule has 19 heavy (non-hydrogen) atoms. The normalized spacial score (nSPS) is 27.9. The molecule has 2 aromatic rings. The molecule has 3 unspecified atom stereocenters.